The van der Waals surface area contributed by atoms with Gasteiger partial charge in [-0.1, -0.05) is 6.92 Å². The molecule has 3 nitrogen and oxygen atoms in total. The first kappa shape index (κ1) is 9.97. The molecule has 2 rings (SSSR count). The van der Waals surface area contributed by atoms with Crippen molar-refractivity contribution in [3.63, 3.8) is 0 Å². The van der Waals surface area contributed by atoms with Gasteiger partial charge in [-0.15, -0.1) is 0 Å². The number of amides is 1. The fourth-order valence-electron chi connectivity index (χ4n) is 2.12. The summed E-state index contributed by atoms with van der Waals surface area (Å²) in [5.41, 5.74) is 0.00738. The van der Waals surface area contributed by atoms with Crippen LogP contribution in [0.2, 0.25) is 0 Å². The zero-order chi connectivity index (χ0) is 10.2. The van der Waals surface area contributed by atoms with E-state index in [1.54, 1.807) is 0 Å². The van der Waals surface area contributed by atoms with Gasteiger partial charge in [0.05, 0.1) is 5.41 Å². The third-order valence-electron chi connectivity index (χ3n) is 3.83. The summed E-state index contributed by atoms with van der Waals surface area (Å²) in [6.07, 6.45) is 4.37. The molecule has 1 unspecified atom stereocenters. The second-order valence-corrected chi connectivity index (χ2v) is 5.08. The quantitative estimate of drug-likeness (QED) is 0.708. The van der Waals surface area contributed by atoms with E-state index >= 15 is 0 Å². The van der Waals surface area contributed by atoms with E-state index in [2.05, 4.69) is 24.5 Å². The third kappa shape index (κ3) is 1.65. The molecule has 2 fully saturated rings. The molecule has 0 aromatic carbocycles. The standard InChI is InChI=1S/C11H20N2O/c1-3-11(4-5-11)13-9(14)10(2)6-7-12-8-10/h12H,3-8H2,1-2H3,(H,13,14). The minimum Gasteiger partial charge on any atom is -0.350 e. The van der Waals surface area contributed by atoms with E-state index in [0.29, 0.717) is 0 Å². The summed E-state index contributed by atoms with van der Waals surface area (Å²) in [5, 5.41) is 6.48. The third-order valence-corrected chi connectivity index (χ3v) is 3.83. The molecule has 2 aliphatic rings. The fraction of sp³-hybridized carbons (Fsp3) is 0.909. The Morgan fingerprint density at radius 3 is 2.57 bits per heavy atom. The molecule has 0 aromatic heterocycles. The molecule has 3 heteroatoms. The molecule has 1 saturated carbocycles. The predicted molar refractivity (Wildman–Crippen MR) is 56.0 cm³/mol. The molecule has 2 N–H and O–H groups in total. The van der Waals surface area contributed by atoms with Crippen molar-refractivity contribution in [3.8, 4) is 0 Å². The van der Waals surface area contributed by atoms with Crippen molar-refractivity contribution in [2.75, 3.05) is 13.1 Å². The largest absolute Gasteiger partial charge is 0.350 e. The van der Waals surface area contributed by atoms with Crippen LogP contribution in [0.5, 0.6) is 0 Å². The van der Waals surface area contributed by atoms with Crippen LogP contribution in [0.3, 0.4) is 0 Å². The number of nitrogens with one attached hydrogen (secondary N) is 2. The molecule has 1 aliphatic heterocycles. The summed E-state index contributed by atoms with van der Waals surface area (Å²) in [7, 11) is 0. The van der Waals surface area contributed by atoms with Crippen molar-refractivity contribution in [1.82, 2.24) is 10.6 Å². The van der Waals surface area contributed by atoms with Gasteiger partial charge in [0, 0.05) is 12.1 Å². The van der Waals surface area contributed by atoms with Crippen molar-refractivity contribution in [3.05, 3.63) is 0 Å². The molecule has 0 spiro atoms. The summed E-state index contributed by atoms with van der Waals surface area (Å²) >= 11 is 0. The maximum absolute atomic E-state index is 12.0. The SMILES string of the molecule is CCC1(NC(=O)C2(C)CCNC2)CC1. The average molecular weight is 196 g/mol. The lowest BCUT2D eigenvalue weighted by Gasteiger charge is -2.25. The van der Waals surface area contributed by atoms with Crippen LogP contribution in [0.25, 0.3) is 0 Å². The smallest absolute Gasteiger partial charge is 0.227 e. The van der Waals surface area contributed by atoms with Gasteiger partial charge in [-0.25, -0.2) is 0 Å². The van der Waals surface area contributed by atoms with Crippen LogP contribution in [0.1, 0.15) is 39.5 Å². The first-order valence-electron chi connectivity index (χ1n) is 5.64. The number of carbonyl (C=O) groups is 1. The van der Waals surface area contributed by atoms with Gasteiger partial charge >= 0.3 is 0 Å². The molecule has 1 amide bonds. The molecule has 14 heavy (non-hydrogen) atoms. The Bertz CT molecular complexity index is 240. The highest BCUT2D eigenvalue weighted by molar-refractivity contribution is 5.84. The monoisotopic (exact) mass is 196 g/mol. The van der Waals surface area contributed by atoms with Crippen molar-refractivity contribution in [2.24, 2.45) is 5.41 Å². The van der Waals surface area contributed by atoms with Crippen molar-refractivity contribution in [2.45, 2.75) is 45.1 Å². The molecule has 1 aliphatic carbocycles. The maximum Gasteiger partial charge on any atom is 0.227 e. The first-order chi connectivity index (χ1) is 6.60. The van der Waals surface area contributed by atoms with Gasteiger partial charge in [-0.05, 0) is 39.2 Å². The van der Waals surface area contributed by atoms with E-state index in [9.17, 15) is 4.79 Å². The van der Waals surface area contributed by atoms with Crippen LogP contribution in [0, 0.1) is 5.41 Å². The molecule has 0 aromatic rings. The van der Waals surface area contributed by atoms with Crippen LogP contribution < -0.4 is 10.6 Å². The lowest BCUT2D eigenvalue weighted by molar-refractivity contribution is -0.130. The van der Waals surface area contributed by atoms with E-state index in [1.165, 1.54) is 12.8 Å². The van der Waals surface area contributed by atoms with Crippen LogP contribution >= 0.6 is 0 Å². The van der Waals surface area contributed by atoms with Gasteiger partial charge in [0.25, 0.3) is 0 Å². The van der Waals surface area contributed by atoms with Crippen LogP contribution in [-0.2, 0) is 4.79 Å². The Hall–Kier alpha value is -0.570. The van der Waals surface area contributed by atoms with E-state index < -0.39 is 0 Å². The Morgan fingerprint density at radius 2 is 2.14 bits per heavy atom. The number of hydrogen-bond acceptors (Lipinski definition) is 2. The molecule has 0 bridgehead atoms. The summed E-state index contributed by atoms with van der Waals surface area (Å²) < 4.78 is 0. The Balaban J connectivity index is 1.95. The number of hydrogen-bond donors (Lipinski definition) is 2. The van der Waals surface area contributed by atoms with E-state index in [-0.39, 0.29) is 16.9 Å². The van der Waals surface area contributed by atoms with Gasteiger partial charge in [0.1, 0.15) is 0 Å². The van der Waals surface area contributed by atoms with Crippen molar-refractivity contribution >= 4 is 5.91 Å². The highest BCUT2D eigenvalue weighted by Crippen LogP contribution is 2.39. The Kier molecular flexibility index (Phi) is 2.30. The highest BCUT2D eigenvalue weighted by Gasteiger charge is 2.46. The van der Waals surface area contributed by atoms with E-state index in [1.807, 2.05) is 0 Å². The van der Waals surface area contributed by atoms with Gasteiger partial charge in [0.15, 0.2) is 0 Å². The topological polar surface area (TPSA) is 41.1 Å². The number of carbonyl (C=O) groups excluding carboxylic acids is 1. The van der Waals surface area contributed by atoms with Gasteiger partial charge in [-0.2, -0.15) is 0 Å². The highest BCUT2D eigenvalue weighted by atomic mass is 16.2. The second kappa shape index (κ2) is 3.23. The van der Waals surface area contributed by atoms with Crippen LogP contribution in [0.15, 0.2) is 0 Å². The maximum atomic E-state index is 12.0. The fourth-order valence-corrected chi connectivity index (χ4v) is 2.12. The molecule has 1 atom stereocenters. The van der Waals surface area contributed by atoms with E-state index in [0.717, 1.165) is 25.9 Å². The zero-order valence-electron chi connectivity index (χ0n) is 9.15. The van der Waals surface area contributed by atoms with Gasteiger partial charge in [-0.3, -0.25) is 4.79 Å². The molecule has 1 heterocycles. The summed E-state index contributed by atoms with van der Waals surface area (Å²) in [6.45, 7) is 6.03. The molecular formula is C11H20N2O. The zero-order valence-corrected chi connectivity index (χ0v) is 9.15. The van der Waals surface area contributed by atoms with E-state index in [4.69, 9.17) is 0 Å². The minimum absolute atomic E-state index is 0.162. The Morgan fingerprint density at radius 1 is 1.43 bits per heavy atom. The molecular weight excluding hydrogens is 176 g/mol. The predicted octanol–water partition coefficient (Wildman–Crippen LogP) is 1.04. The van der Waals surface area contributed by atoms with Crippen LogP contribution in [-0.4, -0.2) is 24.5 Å². The van der Waals surface area contributed by atoms with Crippen LogP contribution in [0.4, 0.5) is 0 Å². The van der Waals surface area contributed by atoms with Gasteiger partial charge < -0.3 is 10.6 Å². The minimum atomic E-state index is -0.162. The average Bonchev–Trinajstić information content (AvgIpc) is 2.80. The number of rotatable bonds is 3. The van der Waals surface area contributed by atoms with Crippen molar-refractivity contribution < 1.29 is 4.79 Å². The summed E-state index contributed by atoms with van der Waals surface area (Å²) in [4.78, 5) is 12.0. The summed E-state index contributed by atoms with van der Waals surface area (Å²) in [6, 6.07) is 0. The normalized spacial score (nSPS) is 34.1. The Labute approximate surface area is 85.6 Å². The second-order valence-electron chi connectivity index (χ2n) is 5.08. The molecule has 0 radical (unpaired) electrons. The first-order valence-corrected chi connectivity index (χ1v) is 5.64. The van der Waals surface area contributed by atoms with Gasteiger partial charge in [0.2, 0.25) is 5.91 Å². The lowest BCUT2D eigenvalue weighted by atomic mass is 9.88. The lowest BCUT2D eigenvalue weighted by Crippen LogP contribution is -2.46. The summed E-state index contributed by atoms with van der Waals surface area (Å²) in [5.74, 6) is 0.252. The molecule has 80 valence electrons. The van der Waals surface area contributed by atoms with Crippen molar-refractivity contribution in [1.29, 1.82) is 0 Å². The molecule has 1 saturated heterocycles.